The van der Waals surface area contributed by atoms with Crippen LogP contribution in [0.4, 0.5) is 0 Å². The van der Waals surface area contributed by atoms with Crippen molar-refractivity contribution in [2.24, 2.45) is 17.6 Å². The van der Waals surface area contributed by atoms with Gasteiger partial charge in [-0.15, -0.1) is 0 Å². The molecule has 0 fully saturated rings. The first-order valence-corrected chi connectivity index (χ1v) is 6.89. The number of rotatable bonds is 5. The lowest BCUT2D eigenvalue weighted by Gasteiger charge is -2.24. The molecule has 1 rings (SSSR count). The van der Waals surface area contributed by atoms with E-state index in [9.17, 15) is 5.11 Å². The molecule has 3 N–H and O–H groups in total. The Labute approximate surface area is 112 Å². The Balaban J connectivity index is 2.85. The average molecular weight is 300 g/mol. The summed E-state index contributed by atoms with van der Waals surface area (Å²) in [7, 11) is 0. The summed E-state index contributed by atoms with van der Waals surface area (Å²) in [6.45, 7) is 6.86. The van der Waals surface area contributed by atoms with Crippen molar-refractivity contribution in [3.63, 3.8) is 0 Å². The van der Waals surface area contributed by atoms with Crippen LogP contribution in [0.25, 0.3) is 0 Å². The topological polar surface area (TPSA) is 46.2 Å². The number of aliphatic hydroxyl groups excluding tert-OH is 1. The molecular formula is C14H22BrNO. The molecule has 0 aromatic heterocycles. The van der Waals surface area contributed by atoms with E-state index >= 15 is 0 Å². The van der Waals surface area contributed by atoms with E-state index in [4.69, 9.17) is 5.73 Å². The Kier molecular flexibility index (Phi) is 5.63. The standard InChI is InChI=1S/C14H22BrNO/c1-9(2)6-12(8-16)14(17)11-4-5-13(15)10(3)7-11/h4-5,7,9,12,14,17H,6,8,16H2,1-3H3. The van der Waals surface area contributed by atoms with Crippen LogP contribution in [0.5, 0.6) is 0 Å². The molecule has 2 unspecified atom stereocenters. The van der Waals surface area contributed by atoms with Crippen molar-refractivity contribution in [2.75, 3.05) is 6.54 Å². The number of halogens is 1. The molecule has 17 heavy (non-hydrogen) atoms. The molecule has 0 saturated carbocycles. The molecule has 1 aromatic rings. The Morgan fingerprint density at radius 3 is 2.47 bits per heavy atom. The first-order chi connectivity index (χ1) is 7.95. The van der Waals surface area contributed by atoms with Gasteiger partial charge < -0.3 is 10.8 Å². The van der Waals surface area contributed by atoms with Gasteiger partial charge >= 0.3 is 0 Å². The number of benzene rings is 1. The minimum atomic E-state index is -0.464. The van der Waals surface area contributed by atoms with Crippen molar-refractivity contribution in [3.05, 3.63) is 33.8 Å². The maximum Gasteiger partial charge on any atom is 0.0830 e. The summed E-state index contributed by atoms with van der Waals surface area (Å²) in [5.74, 6) is 0.685. The van der Waals surface area contributed by atoms with Crippen LogP contribution in [-0.4, -0.2) is 11.7 Å². The van der Waals surface area contributed by atoms with E-state index in [-0.39, 0.29) is 5.92 Å². The van der Waals surface area contributed by atoms with E-state index in [0.29, 0.717) is 12.5 Å². The quantitative estimate of drug-likeness (QED) is 0.875. The zero-order chi connectivity index (χ0) is 13.0. The lowest BCUT2D eigenvalue weighted by Crippen LogP contribution is -2.23. The zero-order valence-electron chi connectivity index (χ0n) is 10.8. The maximum atomic E-state index is 10.3. The molecule has 0 radical (unpaired) electrons. The van der Waals surface area contributed by atoms with Gasteiger partial charge in [0.05, 0.1) is 6.10 Å². The molecule has 2 nitrogen and oxygen atoms in total. The van der Waals surface area contributed by atoms with Crippen LogP contribution < -0.4 is 5.73 Å². The van der Waals surface area contributed by atoms with E-state index in [1.165, 1.54) is 0 Å². The highest BCUT2D eigenvalue weighted by Gasteiger charge is 2.20. The lowest BCUT2D eigenvalue weighted by atomic mass is 9.88. The Bertz CT molecular complexity index is 365. The first-order valence-electron chi connectivity index (χ1n) is 6.09. The van der Waals surface area contributed by atoms with Crippen molar-refractivity contribution in [2.45, 2.75) is 33.3 Å². The van der Waals surface area contributed by atoms with Gasteiger partial charge in [0, 0.05) is 10.4 Å². The molecule has 0 spiro atoms. The zero-order valence-corrected chi connectivity index (χ0v) is 12.4. The molecule has 2 atom stereocenters. The predicted molar refractivity (Wildman–Crippen MR) is 75.8 cm³/mol. The number of aryl methyl sites for hydroxylation is 1. The van der Waals surface area contributed by atoms with Crippen LogP contribution in [0, 0.1) is 18.8 Å². The van der Waals surface area contributed by atoms with Crippen LogP contribution in [0.1, 0.15) is 37.5 Å². The van der Waals surface area contributed by atoms with Gasteiger partial charge in [-0.3, -0.25) is 0 Å². The van der Waals surface area contributed by atoms with Crippen LogP contribution in [0.2, 0.25) is 0 Å². The lowest BCUT2D eigenvalue weighted by molar-refractivity contribution is 0.0994. The van der Waals surface area contributed by atoms with Gasteiger partial charge in [0.2, 0.25) is 0 Å². The van der Waals surface area contributed by atoms with Gasteiger partial charge in [0.15, 0.2) is 0 Å². The number of hydrogen-bond donors (Lipinski definition) is 2. The van der Waals surface area contributed by atoms with Gasteiger partial charge in [0.25, 0.3) is 0 Å². The highest BCUT2D eigenvalue weighted by molar-refractivity contribution is 9.10. The monoisotopic (exact) mass is 299 g/mol. The maximum absolute atomic E-state index is 10.3. The summed E-state index contributed by atoms with van der Waals surface area (Å²) in [6, 6.07) is 5.97. The van der Waals surface area contributed by atoms with Gasteiger partial charge in [0.1, 0.15) is 0 Å². The van der Waals surface area contributed by atoms with Crippen LogP contribution >= 0.6 is 15.9 Å². The van der Waals surface area contributed by atoms with E-state index in [1.54, 1.807) is 0 Å². The molecule has 0 heterocycles. The Morgan fingerprint density at radius 2 is 2.00 bits per heavy atom. The van der Waals surface area contributed by atoms with Gasteiger partial charge in [-0.1, -0.05) is 41.9 Å². The minimum absolute atomic E-state index is 0.135. The highest BCUT2D eigenvalue weighted by atomic mass is 79.9. The molecule has 0 amide bonds. The minimum Gasteiger partial charge on any atom is -0.388 e. The number of hydrogen-bond acceptors (Lipinski definition) is 2. The molecule has 96 valence electrons. The van der Waals surface area contributed by atoms with E-state index in [1.807, 2.05) is 25.1 Å². The molecule has 3 heteroatoms. The van der Waals surface area contributed by atoms with E-state index in [0.717, 1.165) is 22.0 Å². The second-order valence-electron chi connectivity index (χ2n) is 5.08. The SMILES string of the molecule is Cc1cc(C(O)C(CN)CC(C)C)ccc1Br. The van der Waals surface area contributed by atoms with Gasteiger partial charge in [-0.2, -0.15) is 0 Å². The third kappa shape index (κ3) is 4.09. The van der Waals surface area contributed by atoms with Crippen molar-refractivity contribution in [1.82, 2.24) is 0 Å². The summed E-state index contributed by atoms with van der Waals surface area (Å²) in [4.78, 5) is 0. The van der Waals surface area contributed by atoms with Crippen molar-refractivity contribution < 1.29 is 5.11 Å². The number of nitrogens with two attached hydrogens (primary N) is 1. The molecule has 0 aliphatic heterocycles. The van der Waals surface area contributed by atoms with Crippen LogP contribution in [0.15, 0.2) is 22.7 Å². The molecule has 0 bridgehead atoms. The van der Waals surface area contributed by atoms with Crippen LogP contribution in [-0.2, 0) is 0 Å². The first kappa shape index (κ1) is 14.7. The van der Waals surface area contributed by atoms with E-state index < -0.39 is 6.10 Å². The smallest absolute Gasteiger partial charge is 0.0830 e. The van der Waals surface area contributed by atoms with Crippen molar-refractivity contribution in [3.8, 4) is 0 Å². The number of aliphatic hydroxyl groups is 1. The second kappa shape index (κ2) is 6.53. The molecule has 0 aliphatic rings. The molecule has 0 aliphatic carbocycles. The fraction of sp³-hybridized carbons (Fsp3) is 0.571. The third-order valence-electron chi connectivity index (χ3n) is 3.05. The largest absolute Gasteiger partial charge is 0.388 e. The summed E-state index contributed by atoms with van der Waals surface area (Å²) in [5, 5.41) is 10.3. The van der Waals surface area contributed by atoms with Gasteiger partial charge in [-0.05, 0) is 43.0 Å². The van der Waals surface area contributed by atoms with Crippen molar-refractivity contribution in [1.29, 1.82) is 0 Å². The summed E-state index contributed by atoms with van der Waals surface area (Å²) in [6.07, 6.45) is 0.487. The summed E-state index contributed by atoms with van der Waals surface area (Å²) >= 11 is 3.47. The summed E-state index contributed by atoms with van der Waals surface area (Å²) in [5.41, 5.74) is 7.86. The Hall–Kier alpha value is -0.380. The Morgan fingerprint density at radius 1 is 1.35 bits per heavy atom. The van der Waals surface area contributed by atoms with Gasteiger partial charge in [-0.25, -0.2) is 0 Å². The second-order valence-corrected chi connectivity index (χ2v) is 5.93. The summed E-state index contributed by atoms with van der Waals surface area (Å²) < 4.78 is 1.07. The average Bonchev–Trinajstić information content (AvgIpc) is 2.28. The van der Waals surface area contributed by atoms with Crippen LogP contribution in [0.3, 0.4) is 0 Å². The predicted octanol–water partition coefficient (Wildman–Crippen LogP) is 3.41. The van der Waals surface area contributed by atoms with E-state index in [2.05, 4.69) is 29.8 Å². The van der Waals surface area contributed by atoms with Crippen molar-refractivity contribution >= 4 is 15.9 Å². The molecule has 1 aromatic carbocycles. The fourth-order valence-electron chi connectivity index (χ4n) is 2.08. The molecule has 0 saturated heterocycles. The fourth-order valence-corrected chi connectivity index (χ4v) is 2.33. The highest BCUT2D eigenvalue weighted by Crippen LogP contribution is 2.29. The normalized spacial score (nSPS) is 15.0. The molecular weight excluding hydrogens is 278 g/mol. The third-order valence-corrected chi connectivity index (χ3v) is 3.94.